The van der Waals surface area contributed by atoms with Gasteiger partial charge in [0.05, 0.1) is 12.6 Å². The van der Waals surface area contributed by atoms with Crippen molar-refractivity contribution in [3.05, 3.63) is 18.5 Å². The highest BCUT2D eigenvalue weighted by Crippen LogP contribution is 1.99. The zero-order chi connectivity index (χ0) is 6.69. The Hall–Kier alpha value is -0.830. The topological polar surface area (TPSA) is 38.0 Å². The minimum Gasteiger partial charge on any atom is -0.394 e. The van der Waals surface area contributed by atoms with Crippen LogP contribution in [0.15, 0.2) is 18.5 Å². The van der Waals surface area contributed by atoms with Gasteiger partial charge >= 0.3 is 0 Å². The van der Waals surface area contributed by atoms with E-state index in [1.54, 1.807) is 10.9 Å². The Morgan fingerprint density at radius 2 is 2.56 bits per heavy atom. The van der Waals surface area contributed by atoms with Crippen molar-refractivity contribution in [3.8, 4) is 0 Å². The van der Waals surface area contributed by atoms with Gasteiger partial charge in [0.2, 0.25) is 0 Å². The summed E-state index contributed by atoms with van der Waals surface area (Å²) in [7, 11) is 0. The SMILES string of the molecule is CC(CO)n1cccn1. The van der Waals surface area contributed by atoms with Crippen molar-refractivity contribution in [1.29, 1.82) is 0 Å². The smallest absolute Gasteiger partial charge is 0.0721 e. The van der Waals surface area contributed by atoms with E-state index in [0.717, 1.165) is 0 Å². The van der Waals surface area contributed by atoms with Gasteiger partial charge in [0.15, 0.2) is 0 Å². The number of hydrogen-bond donors (Lipinski definition) is 1. The number of hydrogen-bond acceptors (Lipinski definition) is 2. The number of aromatic nitrogens is 2. The molecule has 0 radical (unpaired) electrons. The third kappa shape index (κ3) is 1.29. The molecule has 0 saturated carbocycles. The van der Waals surface area contributed by atoms with Crippen molar-refractivity contribution in [1.82, 2.24) is 9.78 Å². The summed E-state index contributed by atoms with van der Waals surface area (Å²) in [5, 5.41) is 12.6. The van der Waals surface area contributed by atoms with Crippen LogP contribution >= 0.6 is 0 Å². The van der Waals surface area contributed by atoms with Crippen LogP contribution in [-0.4, -0.2) is 21.5 Å². The molecule has 1 unspecified atom stereocenters. The maximum absolute atomic E-state index is 8.65. The van der Waals surface area contributed by atoms with Crippen LogP contribution < -0.4 is 0 Å². The predicted molar refractivity (Wildman–Crippen MR) is 34.0 cm³/mol. The van der Waals surface area contributed by atoms with Gasteiger partial charge in [0, 0.05) is 12.4 Å². The lowest BCUT2D eigenvalue weighted by Crippen LogP contribution is -2.08. The van der Waals surface area contributed by atoms with Crippen LogP contribution in [0.3, 0.4) is 0 Å². The summed E-state index contributed by atoms with van der Waals surface area (Å²) < 4.78 is 1.72. The van der Waals surface area contributed by atoms with Crippen LogP contribution in [0, 0.1) is 0 Å². The first-order valence-corrected chi connectivity index (χ1v) is 2.94. The van der Waals surface area contributed by atoms with Gasteiger partial charge in [-0.15, -0.1) is 0 Å². The predicted octanol–water partition coefficient (Wildman–Crippen LogP) is 0.436. The molecule has 50 valence electrons. The van der Waals surface area contributed by atoms with E-state index in [1.807, 2.05) is 19.2 Å². The average Bonchev–Trinajstić information content (AvgIpc) is 2.37. The van der Waals surface area contributed by atoms with Crippen LogP contribution in [0.5, 0.6) is 0 Å². The molecule has 0 bridgehead atoms. The van der Waals surface area contributed by atoms with E-state index in [4.69, 9.17) is 5.11 Å². The van der Waals surface area contributed by atoms with Crippen molar-refractivity contribution in [3.63, 3.8) is 0 Å². The Labute approximate surface area is 53.9 Å². The zero-order valence-corrected chi connectivity index (χ0v) is 5.36. The largest absolute Gasteiger partial charge is 0.394 e. The minimum absolute atomic E-state index is 0.0972. The minimum atomic E-state index is 0.0972. The van der Waals surface area contributed by atoms with Crippen LogP contribution in [0.2, 0.25) is 0 Å². The second-order valence-corrected chi connectivity index (χ2v) is 2.02. The van der Waals surface area contributed by atoms with Crippen molar-refractivity contribution < 1.29 is 5.11 Å². The Morgan fingerprint density at radius 1 is 1.78 bits per heavy atom. The van der Waals surface area contributed by atoms with Gasteiger partial charge in [0.1, 0.15) is 0 Å². The van der Waals surface area contributed by atoms with Crippen LogP contribution in [-0.2, 0) is 0 Å². The lowest BCUT2D eigenvalue weighted by Gasteiger charge is -2.06. The number of rotatable bonds is 2. The van der Waals surface area contributed by atoms with Gasteiger partial charge in [0.25, 0.3) is 0 Å². The first-order valence-electron chi connectivity index (χ1n) is 2.94. The Kier molecular flexibility index (Phi) is 1.85. The summed E-state index contributed by atoms with van der Waals surface area (Å²) in [6.07, 6.45) is 3.53. The highest BCUT2D eigenvalue weighted by molar-refractivity contribution is 4.79. The fourth-order valence-corrected chi connectivity index (χ4v) is 0.625. The van der Waals surface area contributed by atoms with E-state index in [2.05, 4.69) is 5.10 Å². The zero-order valence-electron chi connectivity index (χ0n) is 5.36. The molecule has 0 saturated heterocycles. The lowest BCUT2D eigenvalue weighted by molar-refractivity contribution is 0.230. The monoisotopic (exact) mass is 126 g/mol. The molecule has 1 aromatic rings. The Morgan fingerprint density at radius 3 is 3.00 bits per heavy atom. The van der Waals surface area contributed by atoms with E-state index in [9.17, 15) is 0 Å². The first-order chi connectivity index (χ1) is 4.34. The maximum atomic E-state index is 8.65. The normalized spacial score (nSPS) is 13.6. The number of nitrogens with zero attached hydrogens (tertiary/aromatic N) is 2. The van der Waals surface area contributed by atoms with E-state index >= 15 is 0 Å². The Balaban J connectivity index is 2.65. The van der Waals surface area contributed by atoms with Gasteiger partial charge in [-0.25, -0.2) is 0 Å². The molecule has 0 aliphatic rings. The molecule has 3 heteroatoms. The molecule has 1 atom stereocenters. The van der Waals surface area contributed by atoms with Gasteiger partial charge in [-0.3, -0.25) is 4.68 Å². The van der Waals surface area contributed by atoms with Crippen LogP contribution in [0.4, 0.5) is 0 Å². The summed E-state index contributed by atoms with van der Waals surface area (Å²) >= 11 is 0. The summed E-state index contributed by atoms with van der Waals surface area (Å²) in [4.78, 5) is 0. The average molecular weight is 126 g/mol. The lowest BCUT2D eigenvalue weighted by atomic mass is 10.4. The summed E-state index contributed by atoms with van der Waals surface area (Å²) in [5.74, 6) is 0. The molecule has 0 amide bonds. The summed E-state index contributed by atoms with van der Waals surface area (Å²) in [6, 6.07) is 1.94. The maximum Gasteiger partial charge on any atom is 0.0721 e. The molecule has 1 heterocycles. The molecular formula is C6H10N2O. The molecule has 1 rings (SSSR count). The Bertz CT molecular complexity index is 160. The second kappa shape index (κ2) is 2.64. The fourth-order valence-electron chi connectivity index (χ4n) is 0.625. The molecule has 0 spiro atoms. The molecule has 3 nitrogen and oxygen atoms in total. The van der Waals surface area contributed by atoms with E-state index in [0.29, 0.717) is 0 Å². The molecule has 0 aliphatic heterocycles. The van der Waals surface area contributed by atoms with Crippen LogP contribution in [0.1, 0.15) is 13.0 Å². The van der Waals surface area contributed by atoms with Gasteiger partial charge in [-0.2, -0.15) is 5.10 Å². The van der Waals surface area contributed by atoms with Crippen molar-refractivity contribution >= 4 is 0 Å². The molecule has 0 aromatic carbocycles. The van der Waals surface area contributed by atoms with Gasteiger partial charge in [-0.1, -0.05) is 0 Å². The van der Waals surface area contributed by atoms with Gasteiger partial charge < -0.3 is 5.11 Å². The highest BCUT2D eigenvalue weighted by Gasteiger charge is 1.98. The molecule has 0 aliphatic carbocycles. The van der Waals surface area contributed by atoms with E-state index < -0.39 is 0 Å². The molecule has 1 aromatic heterocycles. The highest BCUT2D eigenvalue weighted by atomic mass is 16.3. The third-order valence-corrected chi connectivity index (χ3v) is 1.24. The molecule has 1 N–H and O–H groups in total. The fraction of sp³-hybridized carbons (Fsp3) is 0.500. The van der Waals surface area contributed by atoms with Gasteiger partial charge in [-0.05, 0) is 13.0 Å². The van der Waals surface area contributed by atoms with Crippen molar-refractivity contribution in [2.75, 3.05) is 6.61 Å². The van der Waals surface area contributed by atoms with E-state index in [1.165, 1.54) is 0 Å². The second-order valence-electron chi connectivity index (χ2n) is 2.02. The summed E-state index contributed by atoms with van der Waals surface area (Å²) in [5.41, 5.74) is 0. The molecule has 9 heavy (non-hydrogen) atoms. The molecule has 0 fully saturated rings. The van der Waals surface area contributed by atoms with Crippen LogP contribution in [0.25, 0.3) is 0 Å². The number of aliphatic hydroxyl groups is 1. The summed E-state index contributed by atoms with van der Waals surface area (Å²) in [6.45, 7) is 2.05. The number of aliphatic hydroxyl groups excluding tert-OH is 1. The van der Waals surface area contributed by atoms with E-state index in [-0.39, 0.29) is 12.6 Å². The van der Waals surface area contributed by atoms with Crippen molar-refractivity contribution in [2.45, 2.75) is 13.0 Å². The quantitative estimate of drug-likeness (QED) is 0.624. The first kappa shape index (κ1) is 6.29. The third-order valence-electron chi connectivity index (χ3n) is 1.24. The van der Waals surface area contributed by atoms with Crippen molar-refractivity contribution in [2.24, 2.45) is 0 Å². The standard InChI is InChI=1S/C6H10N2O/c1-6(5-9)8-4-2-3-7-8/h2-4,6,9H,5H2,1H3. The molecular weight excluding hydrogens is 116 g/mol.